The second-order valence-electron chi connectivity index (χ2n) is 8.15. The fraction of sp³-hybridized carbons (Fsp3) is 0.435. The third-order valence-corrected chi connectivity index (χ3v) is 5.17. The molecule has 0 saturated heterocycles. The number of rotatable bonds is 4. The van der Waals surface area contributed by atoms with Gasteiger partial charge < -0.3 is 10.1 Å². The first-order valence-corrected chi connectivity index (χ1v) is 9.38. The zero-order valence-corrected chi connectivity index (χ0v) is 16.5. The minimum Gasteiger partial charge on any atom is -0.487 e. The topological polar surface area (TPSA) is 38.3 Å². The highest BCUT2D eigenvalue weighted by Crippen LogP contribution is 2.39. The molecule has 2 aromatic rings. The molecule has 0 fully saturated rings. The van der Waals surface area contributed by atoms with E-state index in [1.54, 1.807) is 0 Å². The predicted octanol–water partition coefficient (Wildman–Crippen LogP) is 4.96. The molecule has 26 heavy (non-hydrogen) atoms. The van der Waals surface area contributed by atoms with Gasteiger partial charge in [0, 0.05) is 18.4 Å². The van der Waals surface area contributed by atoms with Gasteiger partial charge in [-0.2, -0.15) is 0 Å². The average molecular weight is 351 g/mol. The number of fused-ring (bicyclic) bond motifs is 1. The van der Waals surface area contributed by atoms with Gasteiger partial charge in [0.05, 0.1) is 6.04 Å². The average Bonchev–Trinajstić information content (AvgIpc) is 2.56. The number of hydrogen-bond donors (Lipinski definition) is 1. The molecule has 3 nitrogen and oxygen atoms in total. The summed E-state index contributed by atoms with van der Waals surface area (Å²) >= 11 is 0. The molecule has 138 valence electrons. The van der Waals surface area contributed by atoms with Crippen molar-refractivity contribution in [1.29, 1.82) is 0 Å². The Morgan fingerprint density at radius 1 is 1.12 bits per heavy atom. The maximum absolute atomic E-state index is 12.6. The molecule has 0 aliphatic carbocycles. The molecule has 0 bridgehead atoms. The van der Waals surface area contributed by atoms with Crippen molar-refractivity contribution < 1.29 is 9.53 Å². The number of amides is 1. The summed E-state index contributed by atoms with van der Waals surface area (Å²) in [4.78, 5) is 12.6. The van der Waals surface area contributed by atoms with Crippen molar-refractivity contribution in [3.63, 3.8) is 0 Å². The summed E-state index contributed by atoms with van der Waals surface area (Å²) in [5.41, 5.74) is 5.76. The molecule has 1 amide bonds. The molecule has 2 aromatic carbocycles. The molecule has 1 unspecified atom stereocenters. The smallest absolute Gasteiger partial charge is 0.220 e. The summed E-state index contributed by atoms with van der Waals surface area (Å²) in [6.45, 7) is 10.4. The number of hydrogen-bond acceptors (Lipinski definition) is 2. The lowest BCUT2D eigenvalue weighted by molar-refractivity contribution is -0.122. The van der Waals surface area contributed by atoms with Gasteiger partial charge in [0.2, 0.25) is 5.91 Å². The number of benzene rings is 2. The lowest BCUT2D eigenvalue weighted by Gasteiger charge is -2.38. The van der Waals surface area contributed by atoms with Crippen LogP contribution in [0.1, 0.15) is 60.5 Å². The van der Waals surface area contributed by atoms with Gasteiger partial charge in [-0.15, -0.1) is 0 Å². The zero-order valence-electron chi connectivity index (χ0n) is 16.5. The van der Waals surface area contributed by atoms with Crippen LogP contribution in [0.3, 0.4) is 0 Å². The maximum atomic E-state index is 12.6. The summed E-state index contributed by atoms with van der Waals surface area (Å²) < 4.78 is 6.09. The van der Waals surface area contributed by atoms with Crippen molar-refractivity contribution in [3.8, 4) is 5.75 Å². The molecule has 1 aliphatic heterocycles. The van der Waals surface area contributed by atoms with Crippen molar-refractivity contribution in [2.45, 2.75) is 65.5 Å². The van der Waals surface area contributed by atoms with Crippen molar-refractivity contribution in [2.75, 3.05) is 0 Å². The van der Waals surface area contributed by atoms with E-state index in [4.69, 9.17) is 4.74 Å². The third kappa shape index (κ3) is 4.27. The third-order valence-electron chi connectivity index (χ3n) is 5.17. The lowest BCUT2D eigenvalue weighted by atomic mass is 9.89. The molecule has 0 saturated carbocycles. The Kier molecular flexibility index (Phi) is 5.08. The van der Waals surface area contributed by atoms with E-state index < -0.39 is 0 Å². The second-order valence-corrected chi connectivity index (χ2v) is 8.15. The summed E-state index contributed by atoms with van der Waals surface area (Å²) in [5.74, 6) is 0.977. The van der Waals surface area contributed by atoms with E-state index in [1.807, 2.05) is 6.07 Å². The SMILES string of the molecule is Cc1ccc2c(c1)C(NC(=O)CCc1ccc(C)c(C)c1)CC(C)(C)O2. The van der Waals surface area contributed by atoms with Crippen LogP contribution in [0.5, 0.6) is 5.75 Å². The summed E-state index contributed by atoms with van der Waals surface area (Å²) in [5, 5.41) is 3.24. The summed E-state index contributed by atoms with van der Waals surface area (Å²) in [7, 11) is 0. The van der Waals surface area contributed by atoms with E-state index in [0.29, 0.717) is 6.42 Å². The molecule has 1 aliphatic rings. The first-order valence-electron chi connectivity index (χ1n) is 9.38. The van der Waals surface area contributed by atoms with Gasteiger partial charge in [-0.1, -0.05) is 35.9 Å². The van der Waals surface area contributed by atoms with Gasteiger partial charge in [0.25, 0.3) is 0 Å². The second kappa shape index (κ2) is 7.14. The van der Waals surface area contributed by atoms with Crippen LogP contribution in [0.15, 0.2) is 36.4 Å². The van der Waals surface area contributed by atoms with Gasteiger partial charge in [0.15, 0.2) is 0 Å². The first kappa shape index (κ1) is 18.5. The van der Waals surface area contributed by atoms with E-state index in [9.17, 15) is 4.79 Å². The van der Waals surface area contributed by atoms with Crippen LogP contribution in [0.4, 0.5) is 0 Å². The largest absolute Gasteiger partial charge is 0.487 e. The van der Waals surface area contributed by atoms with Crippen LogP contribution >= 0.6 is 0 Å². The van der Waals surface area contributed by atoms with Crippen molar-refractivity contribution in [2.24, 2.45) is 0 Å². The first-order chi connectivity index (χ1) is 12.2. The predicted molar refractivity (Wildman–Crippen MR) is 106 cm³/mol. The van der Waals surface area contributed by atoms with Crippen LogP contribution in [0.2, 0.25) is 0 Å². The standard InChI is InChI=1S/C23H29NO2/c1-15-6-10-21-19(12-15)20(14-23(4,5)26-21)24-22(25)11-9-18-8-7-16(2)17(3)13-18/h6-8,10,12-13,20H,9,11,14H2,1-5H3,(H,24,25). The van der Waals surface area contributed by atoms with E-state index in [2.05, 4.69) is 70.3 Å². The van der Waals surface area contributed by atoms with Crippen LogP contribution in [-0.4, -0.2) is 11.5 Å². The Balaban J connectivity index is 1.68. The Bertz CT molecular complexity index is 823. The number of carbonyl (C=O) groups excluding carboxylic acids is 1. The molecule has 3 rings (SSSR count). The monoisotopic (exact) mass is 351 g/mol. The highest BCUT2D eigenvalue weighted by atomic mass is 16.5. The van der Waals surface area contributed by atoms with Crippen molar-refractivity contribution in [3.05, 3.63) is 64.2 Å². The number of ether oxygens (including phenoxy) is 1. The van der Waals surface area contributed by atoms with Gasteiger partial charge in [0.1, 0.15) is 11.4 Å². The fourth-order valence-corrected chi connectivity index (χ4v) is 3.59. The summed E-state index contributed by atoms with van der Waals surface area (Å²) in [6.07, 6.45) is 2.04. The number of nitrogens with one attached hydrogen (secondary N) is 1. The Labute approximate surface area is 156 Å². The molecule has 1 N–H and O–H groups in total. The molecular weight excluding hydrogens is 322 g/mol. The molecule has 0 aromatic heterocycles. The minimum absolute atomic E-state index is 0.000837. The van der Waals surface area contributed by atoms with Gasteiger partial charge in [-0.05, 0) is 63.8 Å². The number of aryl methyl sites for hydroxylation is 4. The molecule has 1 heterocycles. The highest BCUT2D eigenvalue weighted by molar-refractivity contribution is 5.77. The Hall–Kier alpha value is -2.29. The number of carbonyl (C=O) groups is 1. The molecule has 0 spiro atoms. The van der Waals surface area contributed by atoms with Gasteiger partial charge >= 0.3 is 0 Å². The molecular formula is C23H29NO2. The molecule has 1 atom stereocenters. The fourth-order valence-electron chi connectivity index (χ4n) is 3.59. The maximum Gasteiger partial charge on any atom is 0.220 e. The molecule has 0 radical (unpaired) electrons. The van der Waals surface area contributed by atoms with E-state index in [-0.39, 0.29) is 17.6 Å². The summed E-state index contributed by atoms with van der Waals surface area (Å²) in [6, 6.07) is 12.6. The van der Waals surface area contributed by atoms with Crippen LogP contribution in [0, 0.1) is 20.8 Å². The Morgan fingerprint density at radius 3 is 2.62 bits per heavy atom. The zero-order chi connectivity index (χ0) is 18.9. The van der Waals surface area contributed by atoms with Crippen molar-refractivity contribution >= 4 is 5.91 Å². The highest BCUT2D eigenvalue weighted by Gasteiger charge is 2.34. The van der Waals surface area contributed by atoms with Gasteiger partial charge in [-0.25, -0.2) is 0 Å². The lowest BCUT2D eigenvalue weighted by Crippen LogP contribution is -2.41. The van der Waals surface area contributed by atoms with E-state index >= 15 is 0 Å². The van der Waals surface area contributed by atoms with E-state index in [1.165, 1.54) is 22.3 Å². The van der Waals surface area contributed by atoms with Gasteiger partial charge in [-0.3, -0.25) is 4.79 Å². The van der Waals surface area contributed by atoms with Crippen LogP contribution in [0.25, 0.3) is 0 Å². The minimum atomic E-state index is -0.283. The normalized spacial score (nSPS) is 18.0. The van der Waals surface area contributed by atoms with Crippen molar-refractivity contribution in [1.82, 2.24) is 5.32 Å². The van der Waals surface area contributed by atoms with Crippen LogP contribution < -0.4 is 10.1 Å². The quantitative estimate of drug-likeness (QED) is 0.845. The Morgan fingerprint density at radius 2 is 1.88 bits per heavy atom. The molecule has 3 heteroatoms. The van der Waals surface area contributed by atoms with Crippen LogP contribution in [-0.2, 0) is 11.2 Å². The van der Waals surface area contributed by atoms with E-state index in [0.717, 1.165) is 24.2 Å².